The number of pyridine rings is 1. The summed E-state index contributed by atoms with van der Waals surface area (Å²) >= 11 is 0.921. The van der Waals surface area contributed by atoms with E-state index in [0.717, 1.165) is 16.7 Å². The molecule has 0 spiro atoms. The van der Waals surface area contributed by atoms with Gasteiger partial charge in [-0.25, -0.2) is 9.97 Å². The molecular weight excluding hydrogens is 551 g/mol. The highest BCUT2D eigenvalue weighted by molar-refractivity contribution is 14.0. The van der Waals surface area contributed by atoms with Crippen LogP contribution in [0.1, 0.15) is 16.3 Å². The summed E-state index contributed by atoms with van der Waals surface area (Å²) in [6.07, 6.45) is -7.33. The maximum Gasteiger partial charge on any atom is 0.434 e. The third-order valence-electron chi connectivity index (χ3n) is 3.34. The molecule has 0 aliphatic carbocycles. The van der Waals surface area contributed by atoms with E-state index >= 15 is 0 Å². The highest BCUT2D eigenvalue weighted by Gasteiger charge is 2.33. The summed E-state index contributed by atoms with van der Waals surface area (Å²) in [5, 5.41) is 7.16. The maximum atomic E-state index is 12.5. The number of thiazole rings is 1. The summed E-state index contributed by atoms with van der Waals surface area (Å²) in [5.74, 6) is 0.209. The molecule has 2 heterocycles. The van der Waals surface area contributed by atoms with Crippen LogP contribution in [-0.2, 0) is 19.1 Å². The SMILES string of the molecule is CN=C(NCCc1nc(C(F)(F)F)cs1)NCc1ccnc(OCC(F)(F)F)c1.I. The average Bonchev–Trinajstić information content (AvgIpc) is 3.12. The first-order valence-corrected chi connectivity index (χ1v) is 9.05. The largest absolute Gasteiger partial charge is 0.468 e. The first-order valence-electron chi connectivity index (χ1n) is 8.17. The lowest BCUT2D eigenvalue weighted by atomic mass is 10.2. The number of hydrogen-bond acceptors (Lipinski definition) is 5. The molecule has 0 unspecified atom stereocenters. The quantitative estimate of drug-likeness (QED) is 0.228. The van der Waals surface area contributed by atoms with Gasteiger partial charge >= 0.3 is 12.4 Å². The van der Waals surface area contributed by atoms with Crippen LogP contribution in [0, 0.1) is 0 Å². The van der Waals surface area contributed by atoms with E-state index in [1.807, 2.05) is 0 Å². The van der Waals surface area contributed by atoms with Crippen LogP contribution in [0.2, 0.25) is 0 Å². The van der Waals surface area contributed by atoms with Crippen molar-refractivity contribution in [1.82, 2.24) is 20.6 Å². The Balaban J connectivity index is 0.00000450. The van der Waals surface area contributed by atoms with Crippen LogP contribution in [0.25, 0.3) is 0 Å². The van der Waals surface area contributed by atoms with Crippen molar-refractivity contribution in [2.45, 2.75) is 25.3 Å². The van der Waals surface area contributed by atoms with Gasteiger partial charge in [0.25, 0.3) is 0 Å². The molecule has 6 nitrogen and oxygen atoms in total. The van der Waals surface area contributed by atoms with Gasteiger partial charge in [-0.2, -0.15) is 26.3 Å². The molecule has 168 valence electrons. The molecule has 14 heteroatoms. The lowest BCUT2D eigenvalue weighted by Gasteiger charge is -2.12. The minimum atomic E-state index is -4.47. The van der Waals surface area contributed by atoms with Gasteiger partial charge in [0.2, 0.25) is 5.88 Å². The van der Waals surface area contributed by atoms with E-state index in [9.17, 15) is 26.3 Å². The van der Waals surface area contributed by atoms with Crippen LogP contribution >= 0.6 is 35.3 Å². The zero-order chi connectivity index (χ0) is 21.5. The second-order valence-electron chi connectivity index (χ2n) is 5.63. The fourth-order valence-electron chi connectivity index (χ4n) is 2.05. The van der Waals surface area contributed by atoms with Crippen LogP contribution in [0.4, 0.5) is 26.3 Å². The van der Waals surface area contributed by atoms with Gasteiger partial charge in [0.05, 0.1) is 5.01 Å². The number of nitrogens with zero attached hydrogens (tertiary/aromatic N) is 3. The molecule has 0 atom stereocenters. The number of hydrogen-bond donors (Lipinski definition) is 2. The number of halogens is 7. The van der Waals surface area contributed by atoms with E-state index in [1.54, 1.807) is 6.07 Å². The maximum absolute atomic E-state index is 12.5. The average molecular weight is 569 g/mol. The summed E-state index contributed by atoms with van der Waals surface area (Å²) in [4.78, 5) is 11.2. The lowest BCUT2D eigenvalue weighted by Crippen LogP contribution is -2.37. The molecule has 0 fully saturated rings. The second kappa shape index (κ2) is 11.5. The Morgan fingerprint density at radius 3 is 2.53 bits per heavy atom. The number of aliphatic imine (C=N–C) groups is 1. The summed E-state index contributed by atoms with van der Waals surface area (Å²) in [5.41, 5.74) is -0.309. The van der Waals surface area contributed by atoms with Gasteiger partial charge in [-0.05, 0) is 11.6 Å². The number of nitrogens with one attached hydrogen (secondary N) is 2. The zero-order valence-electron chi connectivity index (χ0n) is 15.5. The molecule has 0 bridgehead atoms. The Bertz CT molecular complexity index is 827. The summed E-state index contributed by atoms with van der Waals surface area (Å²) in [6.45, 7) is -0.923. The Morgan fingerprint density at radius 2 is 1.93 bits per heavy atom. The van der Waals surface area contributed by atoms with Crippen LogP contribution in [0.5, 0.6) is 5.88 Å². The minimum absolute atomic E-state index is 0. The molecule has 0 saturated carbocycles. The van der Waals surface area contributed by atoms with E-state index in [1.165, 1.54) is 19.3 Å². The van der Waals surface area contributed by atoms with Gasteiger partial charge in [0.15, 0.2) is 18.3 Å². The molecule has 0 aliphatic rings. The first-order chi connectivity index (χ1) is 13.6. The molecular formula is C16H18F6IN5OS. The highest BCUT2D eigenvalue weighted by Crippen LogP contribution is 2.30. The van der Waals surface area contributed by atoms with E-state index in [-0.39, 0.29) is 42.8 Å². The number of aromatic nitrogens is 2. The molecule has 2 N–H and O–H groups in total. The van der Waals surface area contributed by atoms with Crippen molar-refractivity contribution in [1.29, 1.82) is 0 Å². The molecule has 0 amide bonds. The number of guanidine groups is 1. The lowest BCUT2D eigenvalue weighted by molar-refractivity contribution is -0.154. The van der Waals surface area contributed by atoms with Crippen molar-refractivity contribution in [2.24, 2.45) is 4.99 Å². The third kappa shape index (κ3) is 9.32. The van der Waals surface area contributed by atoms with Crippen molar-refractivity contribution < 1.29 is 31.1 Å². The number of ether oxygens (including phenoxy) is 1. The predicted octanol–water partition coefficient (Wildman–Crippen LogP) is 4.02. The second-order valence-corrected chi connectivity index (χ2v) is 6.58. The van der Waals surface area contributed by atoms with Crippen molar-refractivity contribution >= 4 is 41.3 Å². The summed E-state index contributed by atoms with van der Waals surface area (Å²) < 4.78 is 78.8. The van der Waals surface area contributed by atoms with Gasteiger partial charge in [-0.15, -0.1) is 35.3 Å². The molecule has 30 heavy (non-hydrogen) atoms. The predicted molar refractivity (Wildman–Crippen MR) is 110 cm³/mol. The minimum Gasteiger partial charge on any atom is -0.468 e. The fourth-order valence-corrected chi connectivity index (χ4v) is 2.85. The normalized spacial score (nSPS) is 12.3. The number of rotatable bonds is 7. The van der Waals surface area contributed by atoms with Crippen LogP contribution in [0.15, 0.2) is 28.7 Å². The van der Waals surface area contributed by atoms with Crippen LogP contribution < -0.4 is 15.4 Å². The molecule has 0 aliphatic heterocycles. The van der Waals surface area contributed by atoms with Crippen molar-refractivity contribution in [3.05, 3.63) is 40.0 Å². The van der Waals surface area contributed by atoms with E-state index in [0.29, 0.717) is 23.1 Å². The van der Waals surface area contributed by atoms with E-state index in [2.05, 4.69) is 30.3 Å². The monoisotopic (exact) mass is 569 g/mol. The molecule has 2 rings (SSSR count). The van der Waals surface area contributed by atoms with Crippen LogP contribution in [0.3, 0.4) is 0 Å². The highest BCUT2D eigenvalue weighted by atomic mass is 127. The van der Waals surface area contributed by atoms with Gasteiger partial charge in [-0.1, -0.05) is 0 Å². The Morgan fingerprint density at radius 1 is 1.20 bits per heavy atom. The standard InChI is InChI=1S/C16H17F6N5OS.HI/c1-23-14(25-5-3-13-27-11(8-29-13)16(20,21)22)26-7-10-2-4-24-12(6-10)28-9-15(17,18)19;/h2,4,6,8H,3,5,7,9H2,1H3,(H2,23,25,26);1H. The Hall–Kier alpha value is -1.84. The zero-order valence-corrected chi connectivity index (χ0v) is 18.6. The fraction of sp³-hybridized carbons (Fsp3) is 0.438. The Kier molecular flexibility index (Phi) is 10.1. The number of alkyl halides is 6. The summed E-state index contributed by atoms with van der Waals surface area (Å²) in [6, 6.07) is 2.95. The topological polar surface area (TPSA) is 71.4 Å². The van der Waals surface area contributed by atoms with E-state index in [4.69, 9.17) is 0 Å². The van der Waals surface area contributed by atoms with Gasteiger partial charge in [-0.3, -0.25) is 4.99 Å². The van der Waals surface area contributed by atoms with Crippen molar-refractivity contribution in [3.63, 3.8) is 0 Å². The van der Waals surface area contributed by atoms with Gasteiger partial charge < -0.3 is 15.4 Å². The van der Waals surface area contributed by atoms with Crippen molar-refractivity contribution in [2.75, 3.05) is 20.2 Å². The van der Waals surface area contributed by atoms with Gasteiger partial charge in [0.1, 0.15) is 0 Å². The summed E-state index contributed by atoms with van der Waals surface area (Å²) in [7, 11) is 1.50. The smallest absolute Gasteiger partial charge is 0.434 e. The molecule has 2 aromatic rings. The molecule has 0 saturated heterocycles. The molecule has 0 aromatic carbocycles. The van der Waals surface area contributed by atoms with Crippen LogP contribution in [-0.4, -0.2) is 42.3 Å². The van der Waals surface area contributed by atoms with Crippen molar-refractivity contribution in [3.8, 4) is 5.88 Å². The van der Waals surface area contributed by atoms with Gasteiger partial charge in [0, 0.05) is 44.2 Å². The third-order valence-corrected chi connectivity index (χ3v) is 4.25. The Labute approximate surface area is 189 Å². The first kappa shape index (κ1) is 26.2. The molecule has 0 radical (unpaired) electrons. The van der Waals surface area contributed by atoms with E-state index < -0.39 is 24.7 Å². The molecule has 2 aromatic heterocycles.